The number of nitro benzene ring substituents is 1. The highest BCUT2D eigenvalue weighted by atomic mass is 16.6. The van der Waals surface area contributed by atoms with Gasteiger partial charge in [0.25, 0.3) is 11.6 Å². The molecule has 2 aromatic carbocycles. The Bertz CT molecular complexity index is 823. The fourth-order valence-electron chi connectivity index (χ4n) is 2.52. The third kappa shape index (κ3) is 5.53. The van der Waals surface area contributed by atoms with Crippen molar-refractivity contribution in [3.05, 3.63) is 69.8 Å². The van der Waals surface area contributed by atoms with Crippen molar-refractivity contribution >= 4 is 23.3 Å². The van der Waals surface area contributed by atoms with Crippen LogP contribution >= 0.6 is 0 Å². The molecule has 0 aromatic heterocycles. The number of nitro groups is 1. The number of amides is 1. The van der Waals surface area contributed by atoms with E-state index in [1.165, 1.54) is 25.3 Å². The average molecular weight is 371 g/mol. The standard InChI is InChI=1S/C19H21N3O5/c1-21(11-10-14-6-4-3-5-7-14)16-9-8-15(12-17(16)22(25)26)19(24)20-13-18(23)27-2/h3-9,12H,10-11,13H2,1-2H3,(H,20,24). The molecule has 142 valence electrons. The van der Waals surface area contributed by atoms with Crippen LogP contribution in [0.15, 0.2) is 48.5 Å². The summed E-state index contributed by atoms with van der Waals surface area (Å²) in [6.07, 6.45) is 0.732. The number of benzene rings is 2. The van der Waals surface area contributed by atoms with Crippen LogP contribution in [0.1, 0.15) is 15.9 Å². The van der Waals surface area contributed by atoms with Gasteiger partial charge in [0.2, 0.25) is 0 Å². The van der Waals surface area contributed by atoms with E-state index in [1.54, 1.807) is 11.9 Å². The van der Waals surface area contributed by atoms with E-state index in [1.807, 2.05) is 30.3 Å². The smallest absolute Gasteiger partial charge is 0.325 e. The minimum atomic E-state index is -0.602. The van der Waals surface area contributed by atoms with Crippen LogP contribution in [0.25, 0.3) is 0 Å². The first-order valence-corrected chi connectivity index (χ1v) is 8.31. The van der Waals surface area contributed by atoms with Crippen molar-refractivity contribution in [3.8, 4) is 0 Å². The summed E-state index contributed by atoms with van der Waals surface area (Å²) < 4.78 is 4.44. The molecule has 0 heterocycles. The zero-order valence-electron chi connectivity index (χ0n) is 15.2. The Kier molecular flexibility index (Phi) is 6.87. The number of carbonyl (C=O) groups excluding carboxylic acids is 2. The highest BCUT2D eigenvalue weighted by Gasteiger charge is 2.20. The molecule has 0 fully saturated rings. The maximum absolute atomic E-state index is 12.1. The number of nitrogens with zero attached hydrogens (tertiary/aromatic N) is 2. The second-order valence-corrected chi connectivity index (χ2v) is 5.88. The van der Waals surface area contributed by atoms with Crippen LogP contribution in [0, 0.1) is 10.1 Å². The van der Waals surface area contributed by atoms with Crippen LogP contribution < -0.4 is 10.2 Å². The van der Waals surface area contributed by atoms with Gasteiger partial charge >= 0.3 is 5.97 Å². The van der Waals surface area contributed by atoms with Gasteiger partial charge in [0.05, 0.1) is 12.0 Å². The number of methoxy groups -OCH3 is 1. The van der Waals surface area contributed by atoms with Gasteiger partial charge in [-0.25, -0.2) is 0 Å². The molecule has 0 saturated carbocycles. The molecule has 0 spiro atoms. The number of nitrogens with one attached hydrogen (secondary N) is 1. The van der Waals surface area contributed by atoms with E-state index in [2.05, 4.69) is 10.1 Å². The molecule has 2 rings (SSSR count). The molecule has 0 aliphatic heterocycles. The monoisotopic (exact) mass is 371 g/mol. The first-order chi connectivity index (χ1) is 12.9. The summed E-state index contributed by atoms with van der Waals surface area (Å²) in [4.78, 5) is 35.9. The fraction of sp³-hybridized carbons (Fsp3) is 0.263. The van der Waals surface area contributed by atoms with E-state index in [-0.39, 0.29) is 17.8 Å². The van der Waals surface area contributed by atoms with E-state index in [4.69, 9.17) is 0 Å². The Morgan fingerprint density at radius 3 is 2.52 bits per heavy atom. The quantitative estimate of drug-likeness (QED) is 0.433. The van der Waals surface area contributed by atoms with Gasteiger partial charge in [0, 0.05) is 25.2 Å². The summed E-state index contributed by atoms with van der Waals surface area (Å²) >= 11 is 0. The molecule has 27 heavy (non-hydrogen) atoms. The molecule has 0 radical (unpaired) electrons. The van der Waals surface area contributed by atoms with Crippen LogP contribution in [-0.2, 0) is 16.0 Å². The Hall–Kier alpha value is -3.42. The van der Waals surface area contributed by atoms with Crippen molar-refractivity contribution in [3.63, 3.8) is 0 Å². The number of rotatable bonds is 8. The SMILES string of the molecule is COC(=O)CNC(=O)c1ccc(N(C)CCc2ccccc2)c([N+](=O)[O-])c1. The summed E-state index contributed by atoms with van der Waals surface area (Å²) in [7, 11) is 2.97. The van der Waals surface area contributed by atoms with E-state index in [9.17, 15) is 19.7 Å². The Morgan fingerprint density at radius 1 is 1.19 bits per heavy atom. The number of hydrogen-bond acceptors (Lipinski definition) is 6. The molecular weight excluding hydrogens is 350 g/mol. The van der Waals surface area contributed by atoms with Crippen LogP contribution in [0.3, 0.4) is 0 Å². The first-order valence-electron chi connectivity index (χ1n) is 8.31. The molecule has 8 heteroatoms. The largest absolute Gasteiger partial charge is 0.468 e. The number of esters is 1. The zero-order valence-corrected chi connectivity index (χ0v) is 15.2. The predicted molar refractivity (Wildman–Crippen MR) is 101 cm³/mol. The fourth-order valence-corrected chi connectivity index (χ4v) is 2.52. The minimum absolute atomic E-state index is 0.103. The Labute approximate surface area is 156 Å². The highest BCUT2D eigenvalue weighted by Crippen LogP contribution is 2.28. The molecule has 0 aliphatic carbocycles. The number of carbonyl (C=O) groups is 2. The number of ether oxygens (including phenoxy) is 1. The van der Waals surface area contributed by atoms with E-state index in [0.717, 1.165) is 12.0 Å². The summed E-state index contributed by atoms with van der Waals surface area (Å²) in [6.45, 7) is 0.278. The summed E-state index contributed by atoms with van der Waals surface area (Å²) in [6, 6.07) is 14.1. The maximum Gasteiger partial charge on any atom is 0.325 e. The molecular formula is C19H21N3O5. The van der Waals surface area contributed by atoms with Gasteiger partial charge in [0.15, 0.2) is 0 Å². The van der Waals surface area contributed by atoms with Gasteiger partial charge in [-0.2, -0.15) is 0 Å². The number of likely N-dealkylation sites (N-methyl/N-ethyl adjacent to an activating group) is 1. The van der Waals surface area contributed by atoms with Crippen molar-refractivity contribution in [2.24, 2.45) is 0 Å². The van der Waals surface area contributed by atoms with Crippen LogP contribution in [0.5, 0.6) is 0 Å². The lowest BCUT2D eigenvalue weighted by atomic mass is 10.1. The van der Waals surface area contributed by atoms with Gasteiger partial charge in [0.1, 0.15) is 12.2 Å². The van der Waals surface area contributed by atoms with Gasteiger partial charge in [-0.3, -0.25) is 19.7 Å². The lowest BCUT2D eigenvalue weighted by Gasteiger charge is -2.19. The summed E-state index contributed by atoms with van der Waals surface area (Å²) in [5.74, 6) is -1.18. The molecule has 0 saturated heterocycles. The molecule has 8 nitrogen and oxygen atoms in total. The molecule has 1 amide bonds. The lowest BCUT2D eigenvalue weighted by molar-refractivity contribution is -0.384. The minimum Gasteiger partial charge on any atom is -0.468 e. The predicted octanol–water partition coefficient (Wildman–Crippen LogP) is 2.18. The number of hydrogen-bond donors (Lipinski definition) is 1. The number of anilines is 1. The van der Waals surface area contributed by atoms with Crippen molar-refractivity contribution in [2.75, 3.05) is 32.1 Å². The lowest BCUT2D eigenvalue weighted by Crippen LogP contribution is -2.30. The van der Waals surface area contributed by atoms with Crippen LogP contribution in [0.2, 0.25) is 0 Å². The van der Waals surface area contributed by atoms with Gasteiger partial charge in [-0.15, -0.1) is 0 Å². The third-order valence-electron chi connectivity index (χ3n) is 4.05. The first kappa shape index (κ1) is 19.9. The maximum atomic E-state index is 12.1. The van der Waals surface area contributed by atoms with Gasteiger partial charge in [-0.1, -0.05) is 30.3 Å². The van der Waals surface area contributed by atoms with Crippen molar-refractivity contribution < 1.29 is 19.2 Å². The topological polar surface area (TPSA) is 102 Å². The third-order valence-corrected chi connectivity index (χ3v) is 4.05. The zero-order chi connectivity index (χ0) is 19.8. The molecule has 1 N–H and O–H groups in total. The summed E-state index contributed by atoms with van der Waals surface area (Å²) in [5.41, 5.74) is 1.48. The highest BCUT2D eigenvalue weighted by molar-refractivity contribution is 5.97. The average Bonchev–Trinajstić information content (AvgIpc) is 2.70. The normalized spacial score (nSPS) is 10.1. The van der Waals surface area contributed by atoms with Crippen molar-refractivity contribution in [2.45, 2.75) is 6.42 Å². The van der Waals surface area contributed by atoms with E-state index in [0.29, 0.717) is 12.2 Å². The Balaban J connectivity index is 2.13. The van der Waals surface area contributed by atoms with Gasteiger partial charge in [-0.05, 0) is 24.1 Å². The second kappa shape index (κ2) is 9.33. The van der Waals surface area contributed by atoms with Crippen LogP contribution in [0.4, 0.5) is 11.4 Å². The Morgan fingerprint density at radius 2 is 1.89 bits per heavy atom. The summed E-state index contributed by atoms with van der Waals surface area (Å²) in [5, 5.41) is 13.8. The second-order valence-electron chi connectivity index (χ2n) is 5.88. The molecule has 0 atom stereocenters. The van der Waals surface area contributed by atoms with E-state index < -0.39 is 16.8 Å². The van der Waals surface area contributed by atoms with E-state index >= 15 is 0 Å². The van der Waals surface area contributed by atoms with Crippen molar-refractivity contribution in [1.29, 1.82) is 0 Å². The molecule has 0 aliphatic rings. The van der Waals surface area contributed by atoms with Crippen LogP contribution in [-0.4, -0.2) is 44.0 Å². The molecule has 2 aromatic rings. The van der Waals surface area contributed by atoms with Crippen molar-refractivity contribution in [1.82, 2.24) is 5.32 Å². The van der Waals surface area contributed by atoms with Gasteiger partial charge < -0.3 is 15.0 Å². The molecule has 0 unspecified atom stereocenters. The molecule has 0 bridgehead atoms.